The van der Waals surface area contributed by atoms with Crippen molar-refractivity contribution in [3.05, 3.63) is 0 Å². The minimum atomic E-state index is -0.758. The molecule has 0 spiro atoms. The summed E-state index contributed by atoms with van der Waals surface area (Å²) < 4.78 is 16.7. The molecule has 6 heteroatoms. The van der Waals surface area contributed by atoms with Crippen LogP contribution in [-0.4, -0.2) is 37.2 Å². The van der Waals surface area contributed by atoms with Gasteiger partial charge in [0.05, 0.1) is 0 Å². The first-order chi connectivity index (χ1) is 32.5. The molecular formula is C60H116O6. The number of ether oxygens (including phenoxy) is 3. The van der Waals surface area contributed by atoms with Gasteiger partial charge in [0.25, 0.3) is 0 Å². The van der Waals surface area contributed by atoms with E-state index in [1.165, 1.54) is 250 Å². The number of hydrogen-bond donors (Lipinski definition) is 0. The predicted octanol–water partition coefficient (Wildman–Crippen LogP) is 19.9. The molecule has 392 valence electrons. The van der Waals surface area contributed by atoms with Gasteiger partial charge in [0.15, 0.2) is 6.10 Å². The van der Waals surface area contributed by atoms with Gasteiger partial charge >= 0.3 is 17.9 Å². The summed E-state index contributed by atoms with van der Waals surface area (Å²) in [6.45, 7) is 6.63. The van der Waals surface area contributed by atoms with E-state index in [9.17, 15) is 14.4 Å². The van der Waals surface area contributed by atoms with Crippen molar-refractivity contribution in [1.82, 2.24) is 0 Å². The monoisotopic (exact) mass is 933 g/mol. The van der Waals surface area contributed by atoms with Crippen molar-refractivity contribution in [3.63, 3.8) is 0 Å². The lowest BCUT2D eigenvalue weighted by atomic mass is 10.0. The Hall–Kier alpha value is -1.59. The van der Waals surface area contributed by atoms with Crippen molar-refractivity contribution in [2.45, 2.75) is 354 Å². The van der Waals surface area contributed by atoms with Crippen molar-refractivity contribution >= 4 is 17.9 Å². The lowest BCUT2D eigenvalue weighted by Crippen LogP contribution is -2.30. The summed E-state index contributed by atoms with van der Waals surface area (Å²) in [5.74, 6) is -0.852. The van der Waals surface area contributed by atoms with E-state index in [2.05, 4.69) is 20.8 Å². The van der Waals surface area contributed by atoms with E-state index >= 15 is 0 Å². The fourth-order valence-electron chi connectivity index (χ4n) is 9.33. The Balaban J connectivity index is 3.82. The highest BCUT2D eigenvalue weighted by molar-refractivity contribution is 5.71. The van der Waals surface area contributed by atoms with Crippen LogP contribution in [-0.2, 0) is 28.6 Å². The van der Waals surface area contributed by atoms with E-state index in [0.29, 0.717) is 19.3 Å². The van der Waals surface area contributed by atoms with Crippen LogP contribution in [0.4, 0.5) is 0 Å². The van der Waals surface area contributed by atoms with Crippen LogP contribution in [0.3, 0.4) is 0 Å². The van der Waals surface area contributed by atoms with Gasteiger partial charge in [-0.2, -0.15) is 0 Å². The standard InChI is InChI=1S/C60H116O6/c1-4-7-10-13-16-18-19-20-21-22-23-24-25-26-27-28-29-30-31-32-33-34-35-36-37-38-39-40-42-44-47-50-53-59(62)65-56-57(55-64-58(61)52-49-46-43-15-12-9-6-3)66-60(63)54-51-48-45-41-17-14-11-8-5-2/h57H,4-56H2,1-3H3. The molecular weight excluding hydrogens is 817 g/mol. The van der Waals surface area contributed by atoms with Crippen LogP contribution < -0.4 is 0 Å². The minimum absolute atomic E-state index is 0.0628. The summed E-state index contributed by atoms with van der Waals surface area (Å²) >= 11 is 0. The van der Waals surface area contributed by atoms with Crippen molar-refractivity contribution < 1.29 is 28.6 Å². The molecule has 0 aliphatic heterocycles. The van der Waals surface area contributed by atoms with E-state index < -0.39 is 6.10 Å². The molecule has 0 saturated heterocycles. The largest absolute Gasteiger partial charge is 0.462 e. The second kappa shape index (κ2) is 56.0. The molecule has 0 aliphatic carbocycles. The lowest BCUT2D eigenvalue weighted by Gasteiger charge is -2.18. The molecule has 0 heterocycles. The molecule has 0 rings (SSSR count). The molecule has 0 aliphatic rings. The number of unbranched alkanes of at least 4 members (excludes halogenated alkanes) is 45. The minimum Gasteiger partial charge on any atom is -0.462 e. The Bertz CT molecular complexity index is 982. The molecule has 0 aromatic rings. The number of carbonyl (C=O) groups excluding carboxylic acids is 3. The third kappa shape index (κ3) is 53.4. The zero-order chi connectivity index (χ0) is 47.9. The maximum atomic E-state index is 12.7. The zero-order valence-corrected chi connectivity index (χ0v) is 45.0. The summed E-state index contributed by atoms with van der Waals surface area (Å²) in [4.78, 5) is 37.7. The topological polar surface area (TPSA) is 78.9 Å². The summed E-state index contributed by atoms with van der Waals surface area (Å²) in [6.07, 6.45) is 63.1. The molecule has 1 atom stereocenters. The van der Waals surface area contributed by atoms with Crippen molar-refractivity contribution in [1.29, 1.82) is 0 Å². The first-order valence-corrected chi connectivity index (χ1v) is 30.0. The van der Waals surface area contributed by atoms with Gasteiger partial charge in [-0.25, -0.2) is 0 Å². The smallest absolute Gasteiger partial charge is 0.306 e. The molecule has 0 fully saturated rings. The lowest BCUT2D eigenvalue weighted by molar-refractivity contribution is -0.167. The highest BCUT2D eigenvalue weighted by Gasteiger charge is 2.19. The second-order valence-electron chi connectivity index (χ2n) is 20.6. The van der Waals surface area contributed by atoms with Gasteiger partial charge in [0.1, 0.15) is 13.2 Å². The van der Waals surface area contributed by atoms with Gasteiger partial charge in [-0.1, -0.05) is 310 Å². The summed E-state index contributed by atoms with van der Waals surface area (Å²) in [7, 11) is 0. The molecule has 0 aromatic carbocycles. The van der Waals surface area contributed by atoms with E-state index in [0.717, 1.165) is 57.8 Å². The van der Waals surface area contributed by atoms with E-state index in [-0.39, 0.29) is 31.1 Å². The first kappa shape index (κ1) is 64.4. The SMILES string of the molecule is CCCCCCCCCCCCCCCCCCCCCCCCCCCCCCCCCCC(=O)OCC(COC(=O)CCCCCCCCC)OC(=O)CCCCCCCCCCC. The Kier molecular flexibility index (Phi) is 54.7. The van der Waals surface area contributed by atoms with Crippen LogP contribution in [0.5, 0.6) is 0 Å². The normalized spacial score (nSPS) is 11.9. The number of rotatable bonds is 56. The molecule has 0 aromatic heterocycles. The van der Waals surface area contributed by atoms with Crippen molar-refractivity contribution in [2.24, 2.45) is 0 Å². The van der Waals surface area contributed by atoms with Crippen LogP contribution in [0.1, 0.15) is 348 Å². The van der Waals surface area contributed by atoms with Crippen LogP contribution in [0.2, 0.25) is 0 Å². The van der Waals surface area contributed by atoms with Crippen LogP contribution in [0.15, 0.2) is 0 Å². The summed E-state index contributed by atoms with van der Waals surface area (Å²) in [6, 6.07) is 0. The fourth-order valence-corrected chi connectivity index (χ4v) is 9.33. The number of carbonyl (C=O) groups is 3. The van der Waals surface area contributed by atoms with Crippen molar-refractivity contribution in [3.8, 4) is 0 Å². The van der Waals surface area contributed by atoms with Crippen LogP contribution >= 0.6 is 0 Å². The average molecular weight is 934 g/mol. The maximum absolute atomic E-state index is 12.7. The molecule has 0 bridgehead atoms. The van der Waals surface area contributed by atoms with Gasteiger partial charge in [-0.15, -0.1) is 0 Å². The highest BCUT2D eigenvalue weighted by atomic mass is 16.6. The molecule has 0 radical (unpaired) electrons. The Morgan fingerprint density at radius 2 is 0.409 bits per heavy atom. The molecule has 0 saturated carbocycles. The molecule has 66 heavy (non-hydrogen) atoms. The fraction of sp³-hybridized carbons (Fsp3) is 0.950. The second-order valence-corrected chi connectivity index (χ2v) is 20.6. The number of hydrogen-bond acceptors (Lipinski definition) is 6. The third-order valence-corrected chi connectivity index (χ3v) is 13.9. The molecule has 6 nitrogen and oxygen atoms in total. The quantitative estimate of drug-likeness (QED) is 0.0343. The van der Waals surface area contributed by atoms with Gasteiger partial charge in [-0.05, 0) is 19.3 Å². The first-order valence-electron chi connectivity index (χ1n) is 30.0. The Morgan fingerprint density at radius 1 is 0.242 bits per heavy atom. The van der Waals surface area contributed by atoms with E-state index in [1.807, 2.05) is 0 Å². The van der Waals surface area contributed by atoms with E-state index in [4.69, 9.17) is 14.2 Å². The van der Waals surface area contributed by atoms with Crippen LogP contribution in [0, 0.1) is 0 Å². The van der Waals surface area contributed by atoms with Gasteiger partial charge < -0.3 is 14.2 Å². The highest BCUT2D eigenvalue weighted by Crippen LogP contribution is 2.18. The summed E-state index contributed by atoms with van der Waals surface area (Å²) in [5.41, 5.74) is 0. The molecule has 1 unspecified atom stereocenters. The summed E-state index contributed by atoms with van der Waals surface area (Å²) in [5, 5.41) is 0. The average Bonchev–Trinajstić information content (AvgIpc) is 3.31. The Labute approximate surface area is 412 Å². The Morgan fingerprint density at radius 3 is 0.606 bits per heavy atom. The van der Waals surface area contributed by atoms with Gasteiger partial charge in [0, 0.05) is 19.3 Å². The van der Waals surface area contributed by atoms with E-state index in [1.54, 1.807) is 0 Å². The van der Waals surface area contributed by atoms with Gasteiger partial charge in [-0.3, -0.25) is 14.4 Å². The molecule has 0 amide bonds. The number of esters is 3. The van der Waals surface area contributed by atoms with Gasteiger partial charge in [0.2, 0.25) is 0 Å². The van der Waals surface area contributed by atoms with Crippen molar-refractivity contribution in [2.75, 3.05) is 13.2 Å². The predicted molar refractivity (Wildman–Crippen MR) is 284 cm³/mol. The molecule has 0 N–H and O–H groups in total. The zero-order valence-electron chi connectivity index (χ0n) is 45.0. The maximum Gasteiger partial charge on any atom is 0.306 e. The van der Waals surface area contributed by atoms with Crippen LogP contribution in [0.25, 0.3) is 0 Å². The third-order valence-electron chi connectivity index (χ3n) is 13.9.